The molecule has 162 valence electrons. The SMILES string of the molecule is COc1cc2c(cc1OC)[C@@H]1C(=O)c3cc(OC)c4c(c3O[C@H]1CO2)C=CC(C)(C)O4. The van der Waals surface area contributed by atoms with E-state index in [9.17, 15) is 4.79 Å². The largest absolute Gasteiger partial charge is 0.493 e. The summed E-state index contributed by atoms with van der Waals surface area (Å²) >= 11 is 0. The van der Waals surface area contributed by atoms with Gasteiger partial charge in [-0.1, -0.05) is 0 Å². The van der Waals surface area contributed by atoms with Crippen molar-refractivity contribution < 1.29 is 33.2 Å². The topological polar surface area (TPSA) is 72.5 Å². The van der Waals surface area contributed by atoms with Gasteiger partial charge >= 0.3 is 0 Å². The lowest BCUT2D eigenvalue weighted by atomic mass is 9.81. The summed E-state index contributed by atoms with van der Waals surface area (Å²) in [5, 5.41) is 0. The van der Waals surface area contributed by atoms with Gasteiger partial charge in [-0.05, 0) is 38.1 Å². The minimum Gasteiger partial charge on any atom is -0.493 e. The second-order valence-electron chi connectivity index (χ2n) is 8.29. The summed E-state index contributed by atoms with van der Waals surface area (Å²) in [5.74, 6) is 2.67. The van der Waals surface area contributed by atoms with Crippen molar-refractivity contribution in [3.63, 3.8) is 0 Å². The van der Waals surface area contributed by atoms with Crippen molar-refractivity contribution in [2.45, 2.75) is 31.5 Å². The second kappa shape index (κ2) is 6.83. The highest BCUT2D eigenvalue weighted by atomic mass is 16.6. The molecule has 0 saturated carbocycles. The summed E-state index contributed by atoms with van der Waals surface area (Å²) in [5.41, 5.74) is 1.40. The molecule has 2 aromatic carbocycles. The molecule has 0 bridgehead atoms. The summed E-state index contributed by atoms with van der Waals surface area (Å²) in [6.07, 6.45) is 3.41. The quantitative estimate of drug-likeness (QED) is 0.737. The van der Waals surface area contributed by atoms with Crippen LogP contribution >= 0.6 is 0 Å². The number of ether oxygens (including phenoxy) is 6. The molecular weight excluding hydrogens is 400 g/mol. The minimum absolute atomic E-state index is 0.0534. The highest BCUT2D eigenvalue weighted by Crippen LogP contribution is 2.52. The van der Waals surface area contributed by atoms with Gasteiger partial charge in [-0.15, -0.1) is 0 Å². The van der Waals surface area contributed by atoms with Gasteiger partial charge in [-0.25, -0.2) is 0 Å². The van der Waals surface area contributed by atoms with Crippen LogP contribution in [0.15, 0.2) is 24.3 Å². The minimum atomic E-state index is -0.524. The predicted molar refractivity (Wildman–Crippen MR) is 113 cm³/mol. The fourth-order valence-electron chi connectivity index (χ4n) is 4.39. The second-order valence-corrected chi connectivity index (χ2v) is 8.29. The zero-order valence-electron chi connectivity index (χ0n) is 18.1. The maximum atomic E-state index is 13.7. The standard InChI is InChI=1S/C24H24O7/c1-24(2)7-6-12-22-14(9-18(28-5)23(12)31-24)21(25)20-13-8-16(26-3)17(27-4)10-15(13)29-11-19(20)30-22/h6-10,19-20H,11H2,1-5H3/t19-,20-/m0/s1. The Morgan fingerprint density at radius 3 is 2.39 bits per heavy atom. The molecule has 0 fully saturated rings. The van der Waals surface area contributed by atoms with Crippen LogP contribution in [-0.2, 0) is 0 Å². The number of benzene rings is 2. The van der Waals surface area contributed by atoms with Crippen LogP contribution < -0.4 is 28.4 Å². The third-order valence-electron chi connectivity index (χ3n) is 5.91. The van der Waals surface area contributed by atoms with Crippen molar-refractivity contribution in [3.8, 4) is 34.5 Å². The van der Waals surface area contributed by atoms with Crippen molar-refractivity contribution in [1.29, 1.82) is 0 Å². The first-order valence-electron chi connectivity index (χ1n) is 10.1. The molecule has 0 N–H and O–H groups in total. The molecule has 0 aromatic heterocycles. The molecule has 2 aromatic rings. The van der Waals surface area contributed by atoms with E-state index in [0.717, 1.165) is 0 Å². The van der Waals surface area contributed by atoms with Gasteiger partial charge in [0.15, 0.2) is 28.8 Å². The van der Waals surface area contributed by atoms with E-state index in [-0.39, 0.29) is 12.4 Å². The van der Waals surface area contributed by atoms with Gasteiger partial charge in [-0.2, -0.15) is 0 Å². The molecule has 0 saturated heterocycles. The van der Waals surface area contributed by atoms with Gasteiger partial charge in [0.25, 0.3) is 0 Å². The van der Waals surface area contributed by atoms with Crippen LogP contribution in [0.5, 0.6) is 34.5 Å². The molecule has 31 heavy (non-hydrogen) atoms. The first kappa shape index (κ1) is 19.6. The van der Waals surface area contributed by atoms with Crippen LogP contribution in [0.1, 0.15) is 41.3 Å². The van der Waals surface area contributed by atoms with Crippen molar-refractivity contribution >= 4 is 11.9 Å². The molecule has 3 aliphatic rings. The number of carbonyl (C=O) groups is 1. The first-order valence-corrected chi connectivity index (χ1v) is 10.1. The molecule has 2 atom stereocenters. The third kappa shape index (κ3) is 2.91. The lowest BCUT2D eigenvalue weighted by molar-refractivity contribution is 0.0551. The van der Waals surface area contributed by atoms with Gasteiger partial charge in [0.2, 0.25) is 0 Å². The van der Waals surface area contributed by atoms with E-state index >= 15 is 0 Å². The molecule has 0 aliphatic carbocycles. The predicted octanol–water partition coefficient (Wildman–Crippen LogP) is 4.02. The Balaban J connectivity index is 1.65. The van der Waals surface area contributed by atoms with E-state index in [0.29, 0.717) is 51.2 Å². The number of fused-ring (bicyclic) bond motifs is 6. The Labute approximate surface area is 180 Å². The van der Waals surface area contributed by atoms with Crippen molar-refractivity contribution in [2.24, 2.45) is 0 Å². The monoisotopic (exact) mass is 424 g/mol. The summed E-state index contributed by atoms with van der Waals surface area (Å²) in [4.78, 5) is 13.7. The molecule has 7 heteroatoms. The van der Waals surface area contributed by atoms with E-state index in [4.69, 9.17) is 28.4 Å². The lowest BCUT2D eigenvalue weighted by Crippen LogP contribution is -2.43. The van der Waals surface area contributed by atoms with Crippen LogP contribution in [0.25, 0.3) is 6.08 Å². The van der Waals surface area contributed by atoms with Crippen LogP contribution in [0.4, 0.5) is 0 Å². The number of hydrogen-bond donors (Lipinski definition) is 0. The number of ketones is 1. The smallest absolute Gasteiger partial charge is 0.178 e. The Kier molecular flexibility index (Phi) is 4.32. The zero-order chi connectivity index (χ0) is 21.9. The number of rotatable bonds is 3. The summed E-state index contributed by atoms with van der Waals surface area (Å²) in [7, 11) is 4.69. The average molecular weight is 424 g/mol. The van der Waals surface area contributed by atoms with Gasteiger partial charge in [0, 0.05) is 11.6 Å². The molecular formula is C24H24O7. The first-order chi connectivity index (χ1) is 14.9. The lowest BCUT2D eigenvalue weighted by Gasteiger charge is -2.39. The van der Waals surface area contributed by atoms with Crippen LogP contribution in [0, 0.1) is 0 Å². The summed E-state index contributed by atoms with van der Waals surface area (Å²) in [6, 6.07) is 5.25. The van der Waals surface area contributed by atoms with E-state index in [2.05, 4.69) is 0 Å². The maximum Gasteiger partial charge on any atom is 0.178 e. The Bertz CT molecular complexity index is 1120. The Morgan fingerprint density at radius 1 is 0.968 bits per heavy atom. The molecule has 0 radical (unpaired) electrons. The van der Waals surface area contributed by atoms with Crippen LogP contribution in [0.3, 0.4) is 0 Å². The van der Waals surface area contributed by atoms with Crippen LogP contribution in [0.2, 0.25) is 0 Å². The van der Waals surface area contributed by atoms with Crippen molar-refractivity contribution in [2.75, 3.05) is 27.9 Å². The maximum absolute atomic E-state index is 13.7. The summed E-state index contributed by atoms with van der Waals surface area (Å²) in [6.45, 7) is 4.16. The van der Waals surface area contributed by atoms with Crippen molar-refractivity contribution in [3.05, 3.63) is 41.0 Å². The molecule has 0 amide bonds. The highest BCUT2D eigenvalue weighted by molar-refractivity contribution is 6.07. The molecule has 7 nitrogen and oxygen atoms in total. The molecule has 0 spiro atoms. The zero-order valence-corrected chi connectivity index (χ0v) is 18.1. The van der Waals surface area contributed by atoms with Gasteiger partial charge in [0.1, 0.15) is 29.8 Å². The molecule has 3 heterocycles. The highest BCUT2D eigenvalue weighted by Gasteiger charge is 2.45. The normalized spacial score (nSPS) is 21.9. The molecule has 5 rings (SSSR count). The number of methoxy groups -OCH3 is 3. The van der Waals surface area contributed by atoms with E-state index in [1.165, 1.54) is 0 Å². The Hall–Kier alpha value is -3.35. The summed E-state index contributed by atoms with van der Waals surface area (Å²) < 4.78 is 34.8. The average Bonchev–Trinajstić information content (AvgIpc) is 2.76. The number of hydrogen-bond acceptors (Lipinski definition) is 7. The van der Waals surface area contributed by atoms with Gasteiger partial charge in [-0.3, -0.25) is 4.79 Å². The third-order valence-corrected chi connectivity index (χ3v) is 5.91. The van der Waals surface area contributed by atoms with Crippen molar-refractivity contribution in [1.82, 2.24) is 0 Å². The fraction of sp³-hybridized carbons (Fsp3) is 0.375. The van der Waals surface area contributed by atoms with E-state index < -0.39 is 17.6 Å². The van der Waals surface area contributed by atoms with Crippen LogP contribution in [-0.4, -0.2) is 45.4 Å². The molecule has 3 aliphatic heterocycles. The number of carbonyl (C=O) groups excluding carboxylic acids is 1. The van der Waals surface area contributed by atoms with E-state index in [1.807, 2.05) is 26.0 Å². The number of Topliss-reactive ketones (excluding diaryl/α,β-unsaturated/α-hetero) is 1. The van der Waals surface area contributed by atoms with Gasteiger partial charge < -0.3 is 28.4 Å². The fourth-order valence-corrected chi connectivity index (χ4v) is 4.39. The van der Waals surface area contributed by atoms with Gasteiger partial charge in [0.05, 0.1) is 38.4 Å². The van der Waals surface area contributed by atoms with E-state index in [1.54, 1.807) is 39.5 Å². The Morgan fingerprint density at radius 2 is 1.68 bits per heavy atom. The molecule has 0 unspecified atom stereocenters.